The van der Waals surface area contributed by atoms with E-state index in [-0.39, 0.29) is 5.91 Å². The molecule has 0 unspecified atom stereocenters. The largest absolute Gasteiger partial charge is 0.494 e. The van der Waals surface area contributed by atoms with E-state index in [0.717, 1.165) is 40.2 Å². The lowest BCUT2D eigenvalue weighted by atomic mass is 10.2. The van der Waals surface area contributed by atoms with Gasteiger partial charge in [0, 0.05) is 5.92 Å². The van der Waals surface area contributed by atoms with E-state index >= 15 is 0 Å². The number of nitrogens with one attached hydrogen (secondary N) is 1. The van der Waals surface area contributed by atoms with Crippen LogP contribution in [0.25, 0.3) is 15.9 Å². The van der Waals surface area contributed by atoms with Crippen LogP contribution in [0.4, 0.5) is 5.13 Å². The Hall–Kier alpha value is -3.19. The second kappa shape index (κ2) is 7.33. The second-order valence-corrected chi connectivity index (χ2v) is 8.04. The predicted octanol–water partition coefficient (Wildman–Crippen LogP) is 5.01. The molecule has 29 heavy (non-hydrogen) atoms. The summed E-state index contributed by atoms with van der Waals surface area (Å²) in [6.45, 7) is 2.56. The van der Waals surface area contributed by atoms with Gasteiger partial charge < -0.3 is 4.74 Å². The first-order chi connectivity index (χ1) is 14.2. The minimum absolute atomic E-state index is 0.211. The number of thiazole rings is 1. The van der Waals surface area contributed by atoms with Gasteiger partial charge in [-0.1, -0.05) is 29.5 Å². The molecule has 2 heterocycles. The molecule has 6 nitrogen and oxygen atoms in total. The number of ether oxygens (including phenoxy) is 1. The molecule has 7 heteroatoms. The van der Waals surface area contributed by atoms with Crippen molar-refractivity contribution in [3.8, 4) is 11.4 Å². The van der Waals surface area contributed by atoms with E-state index in [2.05, 4.69) is 10.3 Å². The fraction of sp³-hybridized carbons (Fsp3) is 0.227. The van der Waals surface area contributed by atoms with Crippen molar-refractivity contribution in [3.05, 3.63) is 66.0 Å². The molecule has 0 atom stereocenters. The number of hydrogen-bond donors (Lipinski definition) is 1. The highest BCUT2D eigenvalue weighted by Crippen LogP contribution is 2.40. The standard InChI is InChI=1S/C22H20N4O2S/c1-2-28-16-10-11-17-20(12-16)29-22(23-17)24-21(27)19-13-18(14-8-9-14)25-26(19)15-6-4-3-5-7-15/h3-7,10-14H,2,8-9H2,1H3,(H,23,24,27). The number of para-hydroxylation sites is 1. The predicted molar refractivity (Wildman–Crippen MR) is 114 cm³/mol. The van der Waals surface area contributed by atoms with Crippen molar-refractivity contribution < 1.29 is 9.53 Å². The molecule has 2 aromatic heterocycles. The summed E-state index contributed by atoms with van der Waals surface area (Å²) in [5.41, 5.74) is 3.20. The quantitative estimate of drug-likeness (QED) is 0.490. The highest BCUT2D eigenvalue weighted by Gasteiger charge is 2.29. The number of carbonyl (C=O) groups excluding carboxylic acids is 1. The van der Waals surface area contributed by atoms with E-state index in [1.807, 2.05) is 61.5 Å². The summed E-state index contributed by atoms with van der Waals surface area (Å²) in [5.74, 6) is 1.06. The van der Waals surface area contributed by atoms with Crippen molar-refractivity contribution in [1.82, 2.24) is 14.8 Å². The summed E-state index contributed by atoms with van der Waals surface area (Å²) >= 11 is 1.43. The van der Waals surface area contributed by atoms with Gasteiger partial charge >= 0.3 is 0 Å². The Kier molecular flexibility index (Phi) is 4.52. The molecular weight excluding hydrogens is 384 g/mol. The number of anilines is 1. The molecule has 1 fully saturated rings. The third-order valence-corrected chi connectivity index (χ3v) is 5.78. The Morgan fingerprint density at radius 2 is 2.03 bits per heavy atom. The first-order valence-corrected chi connectivity index (χ1v) is 10.5. The summed E-state index contributed by atoms with van der Waals surface area (Å²) in [5, 5.41) is 8.21. The molecule has 0 aliphatic heterocycles. The number of carbonyl (C=O) groups is 1. The maximum absolute atomic E-state index is 13.1. The molecule has 0 spiro atoms. The van der Waals surface area contributed by atoms with Gasteiger partial charge in [-0.05, 0) is 56.2 Å². The summed E-state index contributed by atoms with van der Waals surface area (Å²) in [6.07, 6.45) is 2.26. The van der Waals surface area contributed by atoms with Crippen molar-refractivity contribution in [1.29, 1.82) is 0 Å². The Morgan fingerprint density at radius 3 is 2.79 bits per heavy atom. The van der Waals surface area contributed by atoms with Crippen LogP contribution in [0.1, 0.15) is 41.9 Å². The maximum Gasteiger partial charge on any atom is 0.276 e. The summed E-state index contributed by atoms with van der Waals surface area (Å²) < 4.78 is 8.25. The van der Waals surface area contributed by atoms with Crippen molar-refractivity contribution in [2.75, 3.05) is 11.9 Å². The van der Waals surface area contributed by atoms with Crippen LogP contribution in [-0.4, -0.2) is 27.3 Å². The van der Waals surface area contributed by atoms with Crippen molar-refractivity contribution in [2.45, 2.75) is 25.7 Å². The molecule has 1 N–H and O–H groups in total. The van der Waals surface area contributed by atoms with Gasteiger partial charge in [-0.3, -0.25) is 10.1 Å². The fourth-order valence-electron chi connectivity index (χ4n) is 3.28. The molecule has 4 aromatic rings. The number of amides is 1. The zero-order chi connectivity index (χ0) is 19.8. The third kappa shape index (κ3) is 3.61. The molecular formula is C22H20N4O2S. The maximum atomic E-state index is 13.1. The number of hydrogen-bond acceptors (Lipinski definition) is 5. The molecule has 1 saturated carbocycles. The van der Waals surface area contributed by atoms with Gasteiger partial charge in [-0.25, -0.2) is 9.67 Å². The van der Waals surface area contributed by atoms with Gasteiger partial charge in [-0.2, -0.15) is 5.10 Å². The average Bonchev–Trinajstić information content (AvgIpc) is 3.35. The summed E-state index contributed by atoms with van der Waals surface area (Å²) in [4.78, 5) is 17.6. The lowest BCUT2D eigenvalue weighted by Crippen LogP contribution is -2.16. The van der Waals surface area contributed by atoms with E-state index in [1.54, 1.807) is 4.68 Å². The summed E-state index contributed by atoms with van der Waals surface area (Å²) in [6, 6.07) is 17.4. The topological polar surface area (TPSA) is 69.0 Å². The van der Waals surface area contributed by atoms with Crippen LogP contribution in [-0.2, 0) is 0 Å². The minimum Gasteiger partial charge on any atom is -0.494 e. The van der Waals surface area contributed by atoms with Gasteiger partial charge in [0.05, 0.1) is 28.2 Å². The van der Waals surface area contributed by atoms with Gasteiger partial charge in [0.15, 0.2) is 5.13 Å². The zero-order valence-corrected chi connectivity index (χ0v) is 16.8. The van der Waals surface area contributed by atoms with Crippen molar-refractivity contribution in [3.63, 3.8) is 0 Å². The van der Waals surface area contributed by atoms with Gasteiger partial charge in [0.1, 0.15) is 11.4 Å². The zero-order valence-electron chi connectivity index (χ0n) is 16.0. The Bertz CT molecular complexity index is 1180. The smallest absolute Gasteiger partial charge is 0.276 e. The lowest BCUT2D eigenvalue weighted by molar-refractivity contribution is 0.101. The van der Waals surface area contributed by atoms with E-state index in [0.29, 0.717) is 23.4 Å². The van der Waals surface area contributed by atoms with E-state index in [1.165, 1.54) is 11.3 Å². The Balaban J connectivity index is 1.45. The molecule has 0 bridgehead atoms. The van der Waals surface area contributed by atoms with Crippen LogP contribution in [0.5, 0.6) is 5.75 Å². The highest BCUT2D eigenvalue weighted by atomic mass is 32.1. The normalized spacial score (nSPS) is 13.6. The van der Waals surface area contributed by atoms with Crippen LogP contribution >= 0.6 is 11.3 Å². The molecule has 5 rings (SSSR count). The molecule has 0 saturated heterocycles. The molecule has 2 aromatic carbocycles. The Morgan fingerprint density at radius 1 is 1.21 bits per heavy atom. The average molecular weight is 404 g/mol. The molecule has 0 radical (unpaired) electrons. The first kappa shape index (κ1) is 17.9. The number of rotatable bonds is 6. The highest BCUT2D eigenvalue weighted by molar-refractivity contribution is 7.22. The van der Waals surface area contributed by atoms with Gasteiger partial charge in [0.25, 0.3) is 5.91 Å². The fourth-order valence-corrected chi connectivity index (χ4v) is 4.17. The first-order valence-electron chi connectivity index (χ1n) is 9.71. The van der Waals surface area contributed by atoms with Crippen molar-refractivity contribution in [2.24, 2.45) is 0 Å². The van der Waals surface area contributed by atoms with E-state index < -0.39 is 0 Å². The molecule has 146 valence electrons. The SMILES string of the molecule is CCOc1ccc2nc(NC(=O)c3cc(C4CC4)nn3-c3ccccc3)sc2c1. The van der Waals surface area contributed by atoms with Crippen LogP contribution < -0.4 is 10.1 Å². The van der Waals surface area contributed by atoms with Crippen LogP contribution in [0.15, 0.2) is 54.6 Å². The monoisotopic (exact) mass is 404 g/mol. The van der Waals surface area contributed by atoms with Gasteiger partial charge in [0.2, 0.25) is 0 Å². The second-order valence-electron chi connectivity index (χ2n) is 7.01. The summed E-state index contributed by atoms with van der Waals surface area (Å²) in [7, 11) is 0. The minimum atomic E-state index is -0.211. The van der Waals surface area contributed by atoms with Crippen molar-refractivity contribution >= 4 is 32.6 Å². The van der Waals surface area contributed by atoms with Gasteiger partial charge in [-0.15, -0.1) is 0 Å². The number of aromatic nitrogens is 3. The third-order valence-electron chi connectivity index (χ3n) is 4.85. The van der Waals surface area contributed by atoms with E-state index in [4.69, 9.17) is 9.84 Å². The van der Waals surface area contributed by atoms with Crippen LogP contribution in [0.2, 0.25) is 0 Å². The molecule has 1 amide bonds. The number of fused-ring (bicyclic) bond motifs is 1. The molecule has 1 aliphatic carbocycles. The Labute approximate surface area is 172 Å². The number of benzene rings is 2. The van der Waals surface area contributed by atoms with Crippen LogP contribution in [0, 0.1) is 0 Å². The lowest BCUT2D eigenvalue weighted by Gasteiger charge is -2.06. The number of nitrogens with zero attached hydrogens (tertiary/aromatic N) is 3. The van der Waals surface area contributed by atoms with Crippen LogP contribution in [0.3, 0.4) is 0 Å². The van der Waals surface area contributed by atoms with E-state index in [9.17, 15) is 4.79 Å². The molecule has 1 aliphatic rings.